The van der Waals surface area contributed by atoms with E-state index in [0.717, 1.165) is 23.4 Å². The van der Waals surface area contributed by atoms with Crippen molar-refractivity contribution in [1.29, 1.82) is 0 Å². The monoisotopic (exact) mass is 280 g/mol. The molecule has 0 heterocycles. The molecule has 0 amide bonds. The second kappa shape index (κ2) is 7.46. The van der Waals surface area contributed by atoms with Crippen LogP contribution in [0.2, 0.25) is 0 Å². The van der Waals surface area contributed by atoms with Crippen LogP contribution in [0.3, 0.4) is 0 Å². The third-order valence-electron chi connectivity index (χ3n) is 3.17. The molecule has 0 saturated carbocycles. The number of aryl methyl sites for hydroxylation is 1. The molecule has 1 unspecified atom stereocenters. The van der Waals surface area contributed by atoms with Crippen LogP contribution in [-0.2, 0) is 4.74 Å². The van der Waals surface area contributed by atoms with Crippen LogP contribution in [0, 0.1) is 12.8 Å². The molecular weight excluding hydrogens is 256 g/mol. The summed E-state index contributed by atoms with van der Waals surface area (Å²) in [7, 11) is 0. The lowest BCUT2D eigenvalue weighted by Gasteiger charge is -2.25. The van der Waals surface area contributed by atoms with Gasteiger partial charge in [-0.15, -0.1) is 0 Å². The third-order valence-corrected chi connectivity index (χ3v) is 3.39. The summed E-state index contributed by atoms with van der Waals surface area (Å²) in [5, 5.41) is 3.54. The molecule has 0 aliphatic carbocycles. The van der Waals surface area contributed by atoms with Crippen molar-refractivity contribution in [1.82, 2.24) is 0 Å². The standard InChI is InChI=1S/C15H24N2OS/c1-5-18-9-13(10(2)3)17-14-11(4)7-6-8-12(14)15(16)19/h6-8,10,13,17H,5,9H2,1-4H3,(H2,16,19). The first-order valence-corrected chi connectivity index (χ1v) is 7.11. The maximum Gasteiger partial charge on any atom is 0.106 e. The van der Waals surface area contributed by atoms with Gasteiger partial charge in [-0.2, -0.15) is 0 Å². The molecule has 0 bridgehead atoms. The van der Waals surface area contributed by atoms with Gasteiger partial charge in [0.15, 0.2) is 0 Å². The first kappa shape index (κ1) is 15.9. The van der Waals surface area contributed by atoms with E-state index in [9.17, 15) is 0 Å². The van der Waals surface area contributed by atoms with E-state index in [1.165, 1.54) is 0 Å². The van der Waals surface area contributed by atoms with Gasteiger partial charge < -0.3 is 15.8 Å². The van der Waals surface area contributed by atoms with Crippen LogP contribution in [0.4, 0.5) is 5.69 Å². The van der Waals surface area contributed by atoms with Crippen molar-refractivity contribution in [2.45, 2.75) is 33.7 Å². The molecule has 4 heteroatoms. The van der Waals surface area contributed by atoms with Gasteiger partial charge in [-0.1, -0.05) is 38.2 Å². The molecule has 1 atom stereocenters. The Morgan fingerprint density at radius 3 is 2.63 bits per heavy atom. The Hall–Kier alpha value is -1.13. The van der Waals surface area contributed by atoms with Gasteiger partial charge in [0, 0.05) is 17.9 Å². The lowest BCUT2D eigenvalue weighted by atomic mass is 10.0. The van der Waals surface area contributed by atoms with E-state index in [1.54, 1.807) is 0 Å². The van der Waals surface area contributed by atoms with E-state index in [1.807, 2.05) is 19.1 Å². The van der Waals surface area contributed by atoms with Gasteiger partial charge in [0.2, 0.25) is 0 Å². The van der Waals surface area contributed by atoms with Gasteiger partial charge >= 0.3 is 0 Å². The van der Waals surface area contributed by atoms with Crippen molar-refractivity contribution in [3.63, 3.8) is 0 Å². The number of nitrogens with two attached hydrogens (primary N) is 1. The Morgan fingerprint density at radius 2 is 2.11 bits per heavy atom. The molecule has 19 heavy (non-hydrogen) atoms. The SMILES string of the molecule is CCOCC(Nc1c(C)cccc1C(N)=S)C(C)C. The van der Waals surface area contributed by atoms with Gasteiger partial charge in [0.05, 0.1) is 12.6 Å². The molecule has 0 radical (unpaired) electrons. The molecule has 0 fully saturated rings. The maximum atomic E-state index is 5.80. The summed E-state index contributed by atoms with van der Waals surface area (Å²) in [6.07, 6.45) is 0. The minimum atomic E-state index is 0.245. The van der Waals surface area contributed by atoms with E-state index >= 15 is 0 Å². The maximum absolute atomic E-state index is 5.80. The van der Waals surface area contributed by atoms with E-state index in [0.29, 0.717) is 17.5 Å². The quantitative estimate of drug-likeness (QED) is 0.753. The van der Waals surface area contributed by atoms with Crippen molar-refractivity contribution in [2.75, 3.05) is 18.5 Å². The van der Waals surface area contributed by atoms with Crippen LogP contribution in [0.25, 0.3) is 0 Å². The number of benzene rings is 1. The average molecular weight is 280 g/mol. The summed E-state index contributed by atoms with van der Waals surface area (Å²) in [6, 6.07) is 6.23. The van der Waals surface area contributed by atoms with Crippen molar-refractivity contribution in [3.8, 4) is 0 Å². The van der Waals surface area contributed by atoms with Crippen LogP contribution in [-0.4, -0.2) is 24.2 Å². The predicted molar refractivity (Wildman–Crippen MR) is 85.8 cm³/mol. The number of hydrogen-bond acceptors (Lipinski definition) is 3. The van der Waals surface area contributed by atoms with Crippen molar-refractivity contribution in [2.24, 2.45) is 11.7 Å². The molecule has 1 aromatic carbocycles. The van der Waals surface area contributed by atoms with E-state index in [-0.39, 0.29) is 6.04 Å². The Morgan fingerprint density at radius 1 is 1.42 bits per heavy atom. The largest absolute Gasteiger partial charge is 0.389 e. The molecule has 1 aromatic rings. The highest BCUT2D eigenvalue weighted by atomic mass is 32.1. The fourth-order valence-electron chi connectivity index (χ4n) is 1.90. The van der Waals surface area contributed by atoms with E-state index in [2.05, 4.69) is 32.2 Å². The number of rotatable bonds is 7. The number of para-hydroxylation sites is 1. The Labute approximate surface area is 121 Å². The second-order valence-electron chi connectivity index (χ2n) is 5.02. The molecule has 0 aliphatic heterocycles. The summed E-state index contributed by atoms with van der Waals surface area (Å²) in [4.78, 5) is 0.421. The zero-order valence-electron chi connectivity index (χ0n) is 12.2. The van der Waals surface area contributed by atoms with Gasteiger partial charge in [-0.3, -0.25) is 0 Å². The smallest absolute Gasteiger partial charge is 0.106 e. The number of nitrogens with one attached hydrogen (secondary N) is 1. The molecular formula is C15H24N2OS. The van der Waals surface area contributed by atoms with Gasteiger partial charge in [0.25, 0.3) is 0 Å². The Kier molecular flexibility index (Phi) is 6.25. The van der Waals surface area contributed by atoms with Crippen molar-refractivity contribution < 1.29 is 4.74 Å². The van der Waals surface area contributed by atoms with Crippen LogP contribution in [0.5, 0.6) is 0 Å². The number of ether oxygens (including phenoxy) is 1. The zero-order valence-corrected chi connectivity index (χ0v) is 13.0. The van der Waals surface area contributed by atoms with Crippen LogP contribution < -0.4 is 11.1 Å². The Balaban J connectivity index is 2.98. The third kappa shape index (κ3) is 4.48. The summed E-state index contributed by atoms with van der Waals surface area (Å²) < 4.78 is 5.54. The minimum absolute atomic E-state index is 0.245. The molecule has 0 saturated heterocycles. The molecule has 0 aromatic heterocycles. The second-order valence-corrected chi connectivity index (χ2v) is 5.46. The van der Waals surface area contributed by atoms with Crippen LogP contribution >= 0.6 is 12.2 Å². The van der Waals surface area contributed by atoms with Crippen molar-refractivity contribution >= 4 is 22.9 Å². The Bertz CT molecular complexity index is 432. The molecule has 1 rings (SSSR count). The first-order chi connectivity index (χ1) is 8.97. The molecule has 3 nitrogen and oxygen atoms in total. The predicted octanol–water partition coefficient (Wildman–Crippen LogP) is 3.10. The summed E-state index contributed by atoms with van der Waals surface area (Å²) in [5.74, 6) is 0.463. The minimum Gasteiger partial charge on any atom is -0.389 e. The van der Waals surface area contributed by atoms with Crippen LogP contribution in [0.1, 0.15) is 31.9 Å². The topological polar surface area (TPSA) is 47.3 Å². The van der Waals surface area contributed by atoms with Gasteiger partial charge in [-0.05, 0) is 31.4 Å². The van der Waals surface area contributed by atoms with Crippen LogP contribution in [0.15, 0.2) is 18.2 Å². The highest BCUT2D eigenvalue weighted by Gasteiger charge is 2.17. The van der Waals surface area contributed by atoms with Gasteiger partial charge in [-0.25, -0.2) is 0 Å². The summed E-state index contributed by atoms with van der Waals surface area (Å²) in [6.45, 7) is 9.82. The van der Waals surface area contributed by atoms with Crippen molar-refractivity contribution in [3.05, 3.63) is 29.3 Å². The van der Waals surface area contributed by atoms with E-state index in [4.69, 9.17) is 22.7 Å². The fourth-order valence-corrected chi connectivity index (χ4v) is 2.07. The number of hydrogen-bond donors (Lipinski definition) is 2. The molecule has 0 aliphatic rings. The lowest BCUT2D eigenvalue weighted by Crippen LogP contribution is -2.32. The normalized spacial score (nSPS) is 12.5. The number of anilines is 1. The number of thiocarbonyl (C=S) groups is 1. The van der Waals surface area contributed by atoms with Gasteiger partial charge in [0.1, 0.15) is 4.99 Å². The molecule has 0 spiro atoms. The summed E-state index contributed by atoms with van der Waals surface area (Å²) in [5.41, 5.74) is 8.86. The first-order valence-electron chi connectivity index (χ1n) is 6.71. The highest BCUT2D eigenvalue weighted by Crippen LogP contribution is 2.23. The van der Waals surface area contributed by atoms with E-state index < -0.39 is 0 Å². The zero-order chi connectivity index (χ0) is 14.4. The fraction of sp³-hybridized carbons (Fsp3) is 0.533. The highest BCUT2D eigenvalue weighted by molar-refractivity contribution is 7.80. The lowest BCUT2D eigenvalue weighted by molar-refractivity contribution is 0.127. The summed E-state index contributed by atoms with van der Waals surface area (Å²) >= 11 is 5.12. The molecule has 106 valence electrons. The molecule has 3 N–H and O–H groups in total. The average Bonchev–Trinajstić information content (AvgIpc) is 2.35.